The van der Waals surface area contributed by atoms with Crippen molar-refractivity contribution < 1.29 is 5.11 Å². The number of hydrogen-bond acceptors (Lipinski definition) is 1. The lowest BCUT2D eigenvalue weighted by atomic mass is 9.91. The summed E-state index contributed by atoms with van der Waals surface area (Å²) in [5.74, 6) is 0. The van der Waals surface area contributed by atoms with Crippen molar-refractivity contribution in [3.05, 3.63) is 33.8 Å². The van der Waals surface area contributed by atoms with Crippen LogP contribution in [0.4, 0.5) is 0 Å². The first-order valence-electron chi connectivity index (χ1n) is 5.10. The summed E-state index contributed by atoms with van der Waals surface area (Å²) in [6, 6.07) is 6.20. The first-order valence-corrected chi connectivity index (χ1v) is 5.89. The second kappa shape index (κ2) is 3.67. The average Bonchev–Trinajstić information content (AvgIpc) is 2.52. The molecular formula is C12H15BrO. The molecule has 0 spiro atoms. The molecule has 0 saturated heterocycles. The number of benzene rings is 1. The van der Waals surface area contributed by atoms with Crippen molar-refractivity contribution in [3.63, 3.8) is 0 Å². The van der Waals surface area contributed by atoms with Crippen molar-refractivity contribution >= 4 is 15.9 Å². The molecule has 1 fully saturated rings. The van der Waals surface area contributed by atoms with E-state index in [1.54, 1.807) is 0 Å². The molecule has 0 unspecified atom stereocenters. The van der Waals surface area contributed by atoms with Crippen molar-refractivity contribution in [1.29, 1.82) is 0 Å². The summed E-state index contributed by atoms with van der Waals surface area (Å²) in [5, 5.41) is 10.4. The highest BCUT2D eigenvalue weighted by molar-refractivity contribution is 9.10. The maximum absolute atomic E-state index is 10.4. The molecular weight excluding hydrogens is 240 g/mol. The van der Waals surface area contributed by atoms with E-state index in [1.807, 2.05) is 6.07 Å². The molecule has 0 bridgehead atoms. The molecule has 0 aromatic heterocycles. The smallest absolute Gasteiger partial charge is 0.0897 e. The molecule has 0 heterocycles. The van der Waals surface area contributed by atoms with Crippen LogP contribution in [0.2, 0.25) is 0 Å². The van der Waals surface area contributed by atoms with E-state index < -0.39 is 5.60 Å². The largest absolute Gasteiger partial charge is 0.385 e. The molecule has 0 atom stereocenters. The molecule has 1 aromatic carbocycles. The summed E-state index contributed by atoms with van der Waals surface area (Å²) in [6.45, 7) is 2.06. The molecule has 14 heavy (non-hydrogen) atoms. The van der Waals surface area contributed by atoms with Gasteiger partial charge in [-0.3, -0.25) is 0 Å². The molecule has 1 aliphatic carbocycles. The van der Waals surface area contributed by atoms with Gasteiger partial charge in [0.15, 0.2) is 0 Å². The number of aliphatic hydroxyl groups is 1. The number of hydrogen-bond donors (Lipinski definition) is 1. The number of rotatable bonds is 1. The minimum Gasteiger partial charge on any atom is -0.385 e. The summed E-state index contributed by atoms with van der Waals surface area (Å²) < 4.78 is 1.06. The second-order valence-electron chi connectivity index (χ2n) is 4.26. The van der Waals surface area contributed by atoms with Gasteiger partial charge in [-0.05, 0) is 43.0 Å². The molecule has 76 valence electrons. The molecule has 0 amide bonds. The quantitative estimate of drug-likeness (QED) is 0.814. The Hall–Kier alpha value is -0.340. The van der Waals surface area contributed by atoms with Crippen LogP contribution in [0.3, 0.4) is 0 Å². The molecule has 0 aliphatic heterocycles. The van der Waals surface area contributed by atoms with Gasteiger partial charge in [0.05, 0.1) is 5.60 Å². The van der Waals surface area contributed by atoms with Crippen LogP contribution in [0.25, 0.3) is 0 Å². The highest BCUT2D eigenvalue weighted by atomic mass is 79.9. The van der Waals surface area contributed by atoms with Crippen molar-refractivity contribution in [3.8, 4) is 0 Å². The number of aryl methyl sites for hydroxylation is 1. The Morgan fingerprint density at radius 3 is 2.43 bits per heavy atom. The third kappa shape index (κ3) is 1.86. The Balaban J connectivity index is 2.40. The van der Waals surface area contributed by atoms with Gasteiger partial charge >= 0.3 is 0 Å². The molecule has 1 aliphatic rings. The predicted octanol–water partition coefficient (Wildman–Crippen LogP) is 3.52. The lowest BCUT2D eigenvalue weighted by molar-refractivity contribution is 0.0443. The van der Waals surface area contributed by atoms with Crippen molar-refractivity contribution in [2.45, 2.75) is 38.2 Å². The van der Waals surface area contributed by atoms with Gasteiger partial charge in [0.2, 0.25) is 0 Å². The Kier molecular flexibility index (Phi) is 2.67. The summed E-state index contributed by atoms with van der Waals surface area (Å²) in [5.41, 5.74) is 1.71. The van der Waals surface area contributed by atoms with E-state index in [0.29, 0.717) is 0 Å². The molecule has 1 saturated carbocycles. The van der Waals surface area contributed by atoms with Gasteiger partial charge in [0.1, 0.15) is 0 Å². The van der Waals surface area contributed by atoms with Gasteiger partial charge in [-0.2, -0.15) is 0 Å². The minimum absolute atomic E-state index is 0.561. The topological polar surface area (TPSA) is 20.2 Å². The lowest BCUT2D eigenvalue weighted by Gasteiger charge is -2.23. The SMILES string of the molecule is Cc1cc(Br)cc(C2(O)CCCC2)c1. The fourth-order valence-electron chi connectivity index (χ4n) is 2.25. The Labute approximate surface area is 93.3 Å². The van der Waals surface area contributed by atoms with E-state index in [0.717, 1.165) is 35.7 Å². The van der Waals surface area contributed by atoms with Crippen molar-refractivity contribution in [2.75, 3.05) is 0 Å². The van der Waals surface area contributed by atoms with E-state index in [2.05, 4.69) is 35.0 Å². The van der Waals surface area contributed by atoms with Crippen LogP contribution in [-0.2, 0) is 5.60 Å². The minimum atomic E-state index is -0.561. The summed E-state index contributed by atoms with van der Waals surface area (Å²) in [6.07, 6.45) is 4.09. The van der Waals surface area contributed by atoms with Crippen LogP contribution in [0.15, 0.2) is 22.7 Å². The lowest BCUT2D eigenvalue weighted by Crippen LogP contribution is -2.20. The molecule has 1 N–H and O–H groups in total. The van der Waals surface area contributed by atoms with E-state index in [-0.39, 0.29) is 0 Å². The van der Waals surface area contributed by atoms with Crippen molar-refractivity contribution in [2.24, 2.45) is 0 Å². The Morgan fingerprint density at radius 1 is 1.21 bits per heavy atom. The molecule has 1 nitrogen and oxygen atoms in total. The van der Waals surface area contributed by atoms with Crippen LogP contribution in [0.1, 0.15) is 36.8 Å². The Morgan fingerprint density at radius 2 is 1.86 bits per heavy atom. The maximum atomic E-state index is 10.4. The second-order valence-corrected chi connectivity index (χ2v) is 5.17. The van der Waals surface area contributed by atoms with Gasteiger partial charge in [0, 0.05) is 4.47 Å². The normalized spacial score (nSPS) is 19.9. The number of halogens is 1. The predicted molar refractivity (Wildman–Crippen MR) is 61.2 cm³/mol. The van der Waals surface area contributed by atoms with Crippen LogP contribution >= 0.6 is 15.9 Å². The van der Waals surface area contributed by atoms with Gasteiger partial charge < -0.3 is 5.11 Å². The average molecular weight is 255 g/mol. The van der Waals surface area contributed by atoms with E-state index >= 15 is 0 Å². The maximum Gasteiger partial charge on any atom is 0.0897 e. The van der Waals surface area contributed by atoms with Crippen molar-refractivity contribution in [1.82, 2.24) is 0 Å². The third-order valence-corrected chi connectivity index (χ3v) is 3.47. The van der Waals surface area contributed by atoms with Gasteiger partial charge in [-0.25, -0.2) is 0 Å². The monoisotopic (exact) mass is 254 g/mol. The summed E-state index contributed by atoms with van der Waals surface area (Å²) >= 11 is 3.47. The molecule has 1 aromatic rings. The third-order valence-electron chi connectivity index (χ3n) is 3.01. The first kappa shape index (κ1) is 10.2. The first-order chi connectivity index (χ1) is 6.60. The fraction of sp³-hybridized carbons (Fsp3) is 0.500. The van der Waals surface area contributed by atoms with Gasteiger partial charge in [-0.1, -0.05) is 34.8 Å². The zero-order valence-electron chi connectivity index (χ0n) is 8.39. The zero-order chi connectivity index (χ0) is 10.2. The van der Waals surface area contributed by atoms with E-state index in [1.165, 1.54) is 5.56 Å². The van der Waals surface area contributed by atoms with E-state index in [9.17, 15) is 5.11 Å². The van der Waals surface area contributed by atoms with Gasteiger partial charge in [-0.15, -0.1) is 0 Å². The van der Waals surface area contributed by atoms with E-state index in [4.69, 9.17) is 0 Å². The molecule has 0 radical (unpaired) electrons. The Bertz CT molecular complexity index is 320. The molecule has 2 rings (SSSR count). The summed E-state index contributed by atoms with van der Waals surface area (Å²) in [7, 11) is 0. The fourth-order valence-corrected chi connectivity index (χ4v) is 2.86. The van der Waals surface area contributed by atoms with Gasteiger partial charge in [0.25, 0.3) is 0 Å². The highest BCUT2D eigenvalue weighted by Crippen LogP contribution is 2.39. The van der Waals surface area contributed by atoms with Crippen LogP contribution in [0, 0.1) is 6.92 Å². The van der Waals surface area contributed by atoms with Crippen LogP contribution in [-0.4, -0.2) is 5.11 Å². The van der Waals surface area contributed by atoms with Crippen LogP contribution in [0.5, 0.6) is 0 Å². The summed E-state index contributed by atoms with van der Waals surface area (Å²) in [4.78, 5) is 0. The molecule has 2 heteroatoms. The van der Waals surface area contributed by atoms with Crippen LogP contribution < -0.4 is 0 Å². The highest BCUT2D eigenvalue weighted by Gasteiger charge is 2.33. The zero-order valence-corrected chi connectivity index (χ0v) is 9.97. The standard InChI is InChI=1S/C12H15BrO/c1-9-6-10(8-11(13)7-9)12(14)4-2-3-5-12/h6-8,14H,2-5H2,1H3.